The number of ether oxygens (including phenoxy) is 1. The van der Waals surface area contributed by atoms with Crippen LogP contribution in [0.4, 0.5) is 0 Å². The number of aryl methyl sites for hydroxylation is 3. The van der Waals surface area contributed by atoms with Gasteiger partial charge in [0, 0.05) is 11.4 Å². The van der Waals surface area contributed by atoms with Gasteiger partial charge in [0.25, 0.3) is 0 Å². The Hall–Kier alpha value is -1.55. The second-order valence-corrected chi connectivity index (χ2v) is 4.92. The van der Waals surface area contributed by atoms with E-state index in [9.17, 15) is 4.79 Å². The lowest BCUT2D eigenvalue weighted by Gasteiger charge is -2.11. The third-order valence-corrected chi connectivity index (χ3v) is 3.87. The maximum absolute atomic E-state index is 11.7. The summed E-state index contributed by atoms with van der Waals surface area (Å²) in [7, 11) is 1.41. The SMILES string of the molecule is COC(=O)c1scc(C)c1-n1c(C)ccc1C. The molecule has 0 saturated carbocycles. The highest BCUT2D eigenvalue weighted by Gasteiger charge is 2.19. The molecule has 0 spiro atoms. The number of nitrogens with zero attached hydrogens (tertiary/aromatic N) is 1. The molecule has 2 aromatic heterocycles. The minimum absolute atomic E-state index is 0.273. The first-order valence-electron chi connectivity index (χ1n) is 5.38. The molecule has 0 aliphatic carbocycles. The normalized spacial score (nSPS) is 10.6. The fourth-order valence-electron chi connectivity index (χ4n) is 1.97. The Morgan fingerprint density at radius 1 is 1.24 bits per heavy atom. The third-order valence-electron chi connectivity index (χ3n) is 2.81. The molecular formula is C13H15NO2S. The molecule has 3 nitrogen and oxygen atoms in total. The number of hydrogen-bond donors (Lipinski definition) is 0. The Bertz CT molecular complexity index is 546. The lowest BCUT2D eigenvalue weighted by atomic mass is 10.2. The zero-order valence-corrected chi connectivity index (χ0v) is 11.2. The van der Waals surface area contributed by atoms with Gasteiger partial charge in [-0.25, -0.2) is 4.79 Å². The van der Waals surface area contributed by atoms with Crippen LogP contribution in [0.2, 0.25) is 0 Å². The number of thiophene rings is 1. The minimum Gasteiger partial charge on any atom is -0.465 e. The number of esters is 1. The van der Waals surface area contributed by atoms with E-state index in [0.717, 1.165) is 22.6 Å². The molecule has 0 radical (unpaired) electrons. The maximum Gasteiger partial charge on any atom is 0.350 e. The van der Waals surface area contributed by atoms with Gasteiger partial charge in [-0.15, -0.1) is 11.3 Å². The zero-order valence-electron chi connectivity index (χ0n) is 10.4. The van der Waals surface area contributed by atoms with E-state index >= 15 is 0 Å². The number of aromatic nitrogens is 1. The highest BCUT2D eigenvalue weighted by molar-refractivity contribution is 7.12. The van der Waals surface area contributed by atoms with Gasteiger partial charge in [0.1, 0.15) is 4.88 Å². The van der Waals surface area contributed by atoms with E-state index in [4.69, 9.17) is 4.74 Å². The van der Waals surface area contributed by atoms with E-state index in [1.54, 1.807) is 0 Å². The molecule has 0 atom stereocenters. The molecule has 0 N–H and O–H groups in total. The second kappa shape index (κ2) is 4.37. The molecule has 4 heteroatoms. The summed E-state index contributed by atoms with van der Waals surface area (Å²) in [5, 5.41) is 1.99. The second-order valence-electron chi connectivity index (χ2n) is 4.04. The van der Waals surface area contributed by atoms with Gasteiger partial charge in [-0.1, -0.05) is 0 Å². The predicted molar refractivity (Wildman–Crippen MR) is 69.2 cm³/mol. The number of methoxy groups -OCH3 is 1. The maximum atomic E-state index is 11.7. The highest BCUT2D eigenvalue weighted by Crippen LogP contribution is 2.29. The molecule has 0 bridgehead atoms. The summed E-state index contributed by atoms with van der Waals surface area (Å²) in [6.07, 6.45) is 0. The molecule has 0 fully saturated rings. The molecule has 0 saturated heterocycles. The molecule has 17 heavy (non-hydrogen) atoms. The first-order valence-corrected chi connectivity index (χ1v) is 6.26. The molecule has 0 amide bonds. The monoisotopic (exact) mass is 249 g/mol. The molecule has 90 valence electrons. The highest BCUT2D eigenvalue weighted by atomic mass is 32.1. The van der Waals surface area contributed by atoms with Crippen LogP contribution in [0.25, 0.3) is 5.69 Å². The van der Waals surface area contributed by atoms with Crippen molar-refractivity contribution in [3.63, 3.8) is 0 Å². The van der Waals surface area contributed by atoms with Crippen LogP contribution in [0.15, 0.2) is 17.5 Å². The molecule has 0 aromatic carbocycles. The van der Waals surface area contributed by atoms with Crippen molar-refractivity contribution in [1.82, 2.24) is 4.57 Å². The van der Waals surface area contributed by atoms with E-state index in [-0.39, 0.29) is 5.97 Å². The van der Waals surface area contributed by atoms with Crippen molar-refractivity contribution in [2.75, 3.05) is 7.11 Å². The minimum atomic E-state index is -0.273. The summed E-state index contributed by atoms with van der Waals surface area (Å²) < 4.78 is 6.92. The molecule has 2 rings (SSSR count). The lowest BCUT2D eigenvalue weighted by molar-refractivity contribution is 0.0606. The van der Waals surface area contributed by atoms with Gasteiger partial charge in [-0.2, -0.15) is 0 Å². The number of hydrogen-bond acceptors (Lipinski definition) is 3. The average molecular weight is 249 g/mol. The fourth-order valence-corrected chi connectivity index (χ4v) is 2.92. The van der Waals surface area contributed by atoms with Gasteiger partial charge in [0.15, 0.2) is 0 Å². The number of carbonyl (C=O) groups is 1. The quantitative estimate of drug-likeness (QED) is 0.765. The molecule has 0 unspecified atom stereocenters. The zero-order chi connectivity index (χ0) is 12.6. The van der Waals surface area contributed by atoms with Gasteiger partial charge >= 0.3 is 5.97 Å². The van der Waals surface area contributed by atoms with Gasteiger partial charge in [0.2, 0.25) is 0 Å². The van der Waals surface area contributed by atoms with Crippen molar-refractivity contribution in [1.29, 1.82) is 0 Å². The Labute approximate surface area is 105 Å². The van der Waals surface area contributed by atoms with Crippen molar-refractivity contribution in [3.8, 4) is 5.69 Å². The molecule has 0 aliphatic heterocycles. The van der Waals surface area contributed by atoms with Crippen LogP contribution < -0.4 is 0 Å². The van der Waals surface area contributed by atoms with Crippen LogP contribution in [0, 0.1) is 20.8 Å². The summed E-state index contributed by atoms with van der Waals surface area (Å²) in [5.74, 6) is -0.273. The van der Waals surface area contributed by atoms with Crippen molar-refractivity contribution in [3.05, 3.63) is 39.3 Å². The smallest absolute Gasteiger partial charge is 0.350 e. The largest absolute Gasteiger partial charge is 0.465 e. The summed E-state index contributed by atoms with van der Waals surface area (Å²) in [5.41, 5.74) is 4.28. The van der Waals surface area contributed by atoms with Crippen LogP contribution in [-0.4, -0.2) is 17.6 Å². The number of carbonyl (C=O) groups excluding carboxylic acids is 1. The van der Waals surface area contributed by atoms with Gasteiger partial charge in [-0.05, 0) is 43.8 Å². The Morgan fingerprint density at radius 2 is 1.82 bits per heavy atom. The lowest BCUT2D eigenvalue weighted by Crippen LogP contribution is -2.07. The Balaban J connectivity index is 2.67. The van der Waals surface area contributed by atoms with Gasteiger partial charge in [0.05, 0.1) is 12.8 Å². The van der Waals surface area contributed by atoms with Crippen molar-refractivity contribution in [2.24, 2.45) is 0 Å². The van der Waals surface area contributed by atoms with E-state index in [1.165, 1.54) is 18.4 Å². The molecule has 0 aliphatic rings. The predicted octanol–water partition coefficient (Wildman–Crippen LogP) is 3.25. The van der Waals surface area contributed by atoms with Gasteiger partial charge < -0.3 is 9.30 Å². The first kappa shape index (κ1) is 11.9. The van der Waals surface area contributed by atoms with Crippen LogP contribution in [0.3, 0.4) is 0 Å². The summed E-state index contributed by atoms with van der Waals surface area (Å²) in [6.45, 7) is 6.08. The number of rotatable bonds is 2. The summed E-state index contributed by atoms with van der Waals surface area (Å²) in [4.78, 5) is 12.4. The molecular weight excluding hydrogens is 234 g/mol. The van der Waals surface area contributed by atoms with E-state index in [0.29, 0.717) is 4.88 Å². The standard InChI is InChI=1S/C13H15NO2S/c1-8-7-17-12(13(15)16-4)11(8)14-9(2)5-6-10(14)3/h5-7H,1-4H3. The van der Waals surface area contributed by atoms with E-state index < -0.39 is 0 Å². The Morgan fingerprint density at radius 3 is 2.35 bits per heavy atom. The Kier molecular flexibility index (Phi) is 3.07. The van der Waals surface area contributed by atoms with Crippen molar-refractivity contribution in [2.45, 2.75) is 20.8 Å². The van der Waals surface area contributed by atoms with E-state index in [1.807, 2.05) is 38.3 Å². The van der Waals surface area contributed by atoms with Crippen molar-refractivity contribution < 1.29 is 9.53 Å². The summed E-state index contributed by atoms with van der Waals surface area (Å²) in [6, 6.07) is 4.10. The van der Waals surface area contributed by atoms with Crippen molar-refractivity contribution >= 4 is 17.3 Å². The molecule has 2 aromatic rings. The molecule has 2 heterocycles. The van der Waals surface area contributed by atoms with Crippen LogP contribution in [0.1, 0.15) is 26.6 Å². The topological polar surface area (TPSA) is 31.2 Å². The van der Waals surface area contributed by atoms with Crippen LogP contribution in [-0.2, 0) is 4.74 Å². The average Bonchev–Trinajstić information content (AvgIpc) is 2.82. The van der Waals surface area contributed by atoms with Crippen LogP contribution >= 0.6 is 11.3 Å². The fraction of sp³-hybridized carbons (Fsp3) is 0.308. The summed E-state index contributed by atoms with van der Waals surface area (Å²) >= 11 is 1.43. The van der Waals surface area contributed by atoms with Gasteiger partial charge in [-0.3, -0.25) is 0 Å². The third kappa shape index (κ3) is 1.89. The first-order chi connectivity index (χ1) is 8.06. The van der Waals surface area contributed by atoms with Crippen LogP contribution in [0.5, 0.6) is 0 Å². The van der Waals surface area contributed by atoms with E-state index in [2.05, 4.69) is 4.57 Å².